The van der Waals surface area contributed by atoms with Crippen molar-refractivity contribution in [2.75, 3.05) is 28.6 Å². The Morgan fingerprint density at radius 2 is 1.69 bits per heavy atom. The second kappa shape index (κ2) is 9.19. The SMILES string of the molecule is CCN(CC)c1ccc(NC(=O)c2cnc(Nc3ccc(C)cc3)cn2)c(C)c1. The first-order valence-electron chi connectivity index (χ1n) is 9.82. The summed E-state index contributed by atoms with van der Waals surface area (Å²) in [4.78, 5) is 23.4. The van der Waals surface area contributed by atoms with Crippen LogP contribution >= 0.6 is 0 Å². The zero-order valence-corrected chi connectivity index (χ0v) is 17.4. The molecule has 1 aromatic heterocycles. The van der Waals surface area contributed by atoms with E-state index in [1.807, 2.05) is 50.2 Å². The average Bonchev–Trinajstić information content (AvgIpc) is 2.73. The van der Waals surface area contributed by atoms with Crippen LogP contribution in [0.3, 0.4) is 0 Å². The van der Waals surface area contributed by atoms with Crippen LogP contribution in [-0.2, 0) is 0 Å². The summed E-state index contributed by atoms with van der Waals surface area (Å²) in [5.41, 5.74) is 5.31. The van der Waals surface area contributed by atoms with Gasteiger partial charge in [0, 0.05) is 30.2 Å². The molecule has 6 heteroatoms. The normalized spacial score (nSPS) is 10.5. The molecule has 0 aliphatic carbocycles. The van der Waals surface area contributed by atoms with E-state index in [1.165, 1.54) is 11.8 Å². The first-order valence-corrected chi connectivity index (χ1v) is 9.82. The highest BCUT2D eigenvalue weighted by atomic mass is 16.1. The van der Waals surface area contributed by atoms with Crippen LogP contribution in [-0.4, -0.2) is 29.0 Å². The Balaban J connectivity index is 1.67. The van der Waals surface area contributed by atoms with Gasteiger partial charge in [-0.05, 0) is 63.6 Å². The number of rotatable bonds is 7. The van der Waals surface area contributed by atoms with E-state index in [9.17, 15) is 4.79 Å². The molecular formula is C23H27N5O. The fourth-order valence-corrected chi connectivity index (χ4v) is 3.05. The van der Waals surface area contributed by atoms with Crippen molar-refractivity contribution in [2.24, 2.45) is 0 Å². The van der Waals surface area contributed by atoms with Gasteiger partial charge in [0.2, 0.25) is 0 Å². The van der Waals surface area contributed by atoms with Gasteiger partial charge >= 0.3 is 0 Å². The minimum atomic E-state index is -0.280. The predicted octanol–water partition coefficient (Wildman–Crippen LogP) is 4.94. The lowest BCUT2D eigenvalue weighted by Crippen LogP contribution is -2.22. The molecule has 0 bridgehead atoms. The van der Waals surface area contributed by atoms with Crippen LogP contribution in [0.5, 0.6) is 0 Å². The van der Waals surface area contributed by atoms with Gasteiger partial charge in [0.1, 0.15) is 11.5 Å². The number of benzene rings is 2. The fraction of sp³-hybridized carbons (Fsp3) is 0.261. The summed E-state index contributed by atoms with van der Waals surface area (Å²) in [5.74, 6) is 0.309. The summed E-state index contributed by atoms with van der Waals surface area (Å²) >= 11 is 0. The summed E-state index contributed by atoms with van der Waals surface area (Å²) < 4.78 is 0. The van der Waals surface area contributed by atoms with E-state index in [2.05, 4.69) is 45.4 Å². The molecule has 6 nitrogen and oxygen atoms in total. The third-order valence-electron chi connectivity index (χ3n) is 4.80. The molecule has 0 aliphatic heterocycles. The number of carbonyl (C=O) groups is 1. The molecule has 0 spiro atoms. The smallest absolute Gasteiger partial charge is 0.275 e. The van der Waals surface area contributed by atoms with E-state index in [0.29, 0.717) is 5.82 Å². The minimum absolute atomic E-state index is 0.270. The van der Waals surface area contributed by atoms with E-state index >= 15 is 0 Å². The molecule has 0 saturated heterocycles. The molecule has 1 amide bonds. The first kappa shape index (κ1) is 20.3. The molecule has 0 radical (unpaired) electrons. The topological polar surface area (TPSA) is 70.2 Å². The highest BCUT2D eigenvalue weighted by Crippen LogP contribution is 2.23. The molecule has 29 heavy (non-hydrogen) atoms. The molecule has 3 rings (SSSR count). The number of nitrogens with one attached hydrogen (secondary N) is 2. The van der Waals surface area contributed by atoms with Gasteiger partial charge in [-0.3, -0.25) is 4.79 Å². The zero-order valence-electron chi connectivity index (χ0n) is 17.4. The van der Waals surface area contributed by atoms with Crippen molar-refractivity contribution in [3.8, 4) is 0 Å². The summed E-state index contributed by atoms with van der Waals surface area (Å²) in [5, 5.41) is 6.10. The lowest BCUT2D eigenvalue weighted by atomic mass is 10.1. The average molecular weight is 390 g/mol. The summed E-state index contributed by atoms with van der Waals surface area (Å²) in [6.45, 7) is 10.2. The second-order valence-electron chi connectivity index (χ2n) is 6.90. The monoisotopic (exact) mass is 389 g/mol. The summed E-state index contributed by atoms with van der Waals surface area (Å²) in [7, 11) is 0. The van der Waals surface area contributed by atoms with Gasteiger partial charge in [0.05, 0.1) is 12.4 Å². The molecule has 0 fully saturated rings. The molecule has 2 N–H and O–H groups in total. The van der Waals surface area contributed by atoms with Crippen molar-refractivity contribution < 1.29 is 4.79 Å². The van der Waals surface area contributed by atoms with Gasteiger partial charge in [0.25, 0.3) is 5.91 Å². The molecule has 0 atom stereocenters. The van der Waals surface area contributed by atoms with Crippen LogP contribution in [0.1, 0.15) is 35.5 Å². The molecule has 0 aliphatic rings. The van der Waals surface area contributed by atoms with E-state index in [-0.39, 0.29) is 11.6 Å². The molecule has 0 unspecified atom stereocenters. The largest absolute Gasteiger partial charge is 0.372 e. The Labute approximate surface area is 172 Å². The van der Waals surface area contributed by atoms with Crippen molar-refractivity contribution in [1.29, 1.82) is 0 Å². The Kier molecular flexibility index (Phi) is 6.44. The molecule has 0 saturated carbocycles. The third kappa shape index (κ3) is 5.10. The summed E-state index contributed by atoms with van der Waals surface area (Å²) in [6.07, 6.45) is 3.04. The van der Waals surface area contributed by atoms with Gasteiger partial charge in [-0.15, -0.1) is 0 Å². The predicted molar refractivity (Wildman–Crippen MR) is 119 cm³/mol. The number of aryl methyl sites for hydroxylation is 2. The van der Waals surface area contributed by atoms with Crippen LogP contribution in [0.15, 0.2) is 54.9 Å². The van der Waals surface area contributed by atoms with Crippen molar-refractivity contribution >= 4 is 28.8 Å². The Morgan fingerprint density at radius 1 is 0.966 bits per heavy atom. The molecule has 2 aromatic carbocycles. The van der Waals surface area contributed by atoms with E-state index in [4.69, 9.17) is 0 Å². The van der Waals surface area contributed by atoms with Crippen LogP contribution in [0, 0.1) is 13.8 Å². The maximum atomic E-state index is 12.6. The number of aromatic nitrogens is 2. The Morgan fingerprint density at radius 3 is 2.28 bits per heavy atom. The highest BCUT2D eigenvalue weighted by Gasteiger charge is 2.11. The van der Waals surface area contributed by atoms with Crippen LogP contribution < -0.4 is 15.5 Å². The van der Waals surface area contributed by atoms with Crippen molar-refractivity contribution in [2.45, 2.75) is 27.7 Å². The number of hydrogen-bond acceptors (Lipinski definition) is 5. The van der Waals surface area contributed by atoms with E-state index < -0.39 is 0 Å². The van der Waals surface area contributed by atoms with E-state index in [1.54, 1.807) is 6.20 Å². The van der Waals surface area contributed by atoms with Gasteiger partial charge in [-0.1, -0.05) is 17.7 Å². The number of carbonyl (C=O) groups excluding carboxylic acids is 1. The number of hydrogen-bond donors (Lipinski definition) is 2. The van der Waals surface area contributed by atoms with Gasteiger partial charge in [0.15, 0.2) is 0 Å². The first-order chi connectivity index (χ1) is 14.0. The van der Waals surface area contributed by atoms with Crippen molar-refractivity contribution in [3.05, 3.63) is 71.7 Å². The maximum absolute atomic E-state index is 12.6. The third-order valence-corrected chi connectivity index (χ3v) is 4.80. The summed E-state index contributed by atoms with van der Waals surface area (Å²) in [6, 6.07) is 14.0. The molecule has 3 aromatic rings. The lowest BCUT2D eigenvalue weighted by Gasteiger charge is -2.22. The quantitative estimate of drug-likeness (QED) is 0.599. The Hall–Kier alpha value is -3.41. The number of amides is 1. The molecule has 150 valence electrons. The van der Waals surface area contributed by atoms with Crippen LogP contribution in [0.2, 0.25) is 0 Å². The number of nitrogens with zero attached hydrogens (tertiary/aromatic N) is 3. The highest BCUT2D eigenvalue weighted by molar-refractivity contribution is 6.03. The molecule has 1 heterocycles. The molecular weight excluding hydrogens is 362 g/mol. The number of anilines is 4. The van der Waals surface area contributed by atoms with E-state index in [0.717, 1.165) is 35.7 Å². The minimum Gasteiger partial charge on any atom is -0.372 e. The standard InChI is InChI=1S/C23H27N5O/c1-5-28(6-2)19-11-12-20(17(4)13-19)27-23(29)21-14-25-22(15-24-21)26-18-9-7-16(3)8-10-18/h7-15H,5-6H2,1-4H3,(H,25,26)(H,27,29). The fourth-order valence-electron chi connectivity index (χ4n) is 3.05. The zero-order chi connectivity index (χ0) is 20.8. The van der Waals surface area contributed by atoms with Gasteiger partial charge < -0.3 is 15.5 Å². The van der Waals surface area contributed by atoms with Crippen molar-refractivity contribution in [3.63, 3.8) is 0 Å². The van der Waals surface area contributed by atoms with Gasteiger partial charge in [-0.2, -0.15) is 0 Å². The maximum Gasteiger partial charge on any atom is 0.275 e. The second-order valence-corrected chi connectivity index (χ2v) is 6.90. The van der Waals surface area contributed by atoms with Crippen LogP contribution in [0.4, 0.5) is 22.9 Å². The Bertz CT molecular complexity index is 964. The van der Waals surface area contributed by atoms with Crippen LogP contribution in [0.25, 0.3) is 0 Å². The lowest BCUT2D eigenvalue weighted by molar-refractivity contribution is 0.102. The van der Waals surface area contributed by atoms with Gasteiger partial charge in [-0.25, -0.2) is 9.97 Å². The van der Waals surface area contributed by atoms with Crippen molar-refractivity contribution in [1.82, 2.24) is 9.97 Å².